The first-order chi connectivity index (χ1) is 15.1. The number of likely N-dealkylation sites (tertiary alicyclic amines) is 1. The Kier molecular flexibility index (Phi) is 7.68. The molecule has 1 aliphatic rings. The number of hydrogen-bond acceptors (Lipinski definition) is 4. The van der Waals surface area contributed by atoms with Crippen LogP contribution in [0.2, 0.25) is 13.1 Å². The molecule has 0 bridgehead atoms. The Morgan fingerprint density at radius 3 is 2.59 bits per heavy atom. The van der Waals surface area contributed by atoms with Crippen molar-refractivity contribution in [3.8, 4) is 11.8 Å². The smallest absolute Gasteiger partial charge is 0.407 e. The van der Waals surface area contributed by atoms with E-state index < -0.39 is 15.1 Å². The number of hydrogen-bond donors (Lipinski definition) is 1. The number of benzene rings is 1. The fraction of sp³-hybridized carbons (Fsp3) is 0.600. The van der Waals surface area contributed by atoms with Crippen molar-refractivity contribution < 1.29 is 18.9 Å². The van der Waals surface area contributed by atoms with E-state index in [9.17, 15) is 4.79 Å². The van der Waals surface area contributed by atoms with Crippen LogP contribution in [0, 0.1) is 23.2 Å². The zero-order chi connectivity index (χ0) is 23.5. The van der Waals surface area contributed by atoms with Gasteiger partial charge in [-0.2, -0.15) is 0 Å². The van der Waals surface area contributed by atoms with Gasteiger partial charge in [-0.15, -0.1) is 5.92 Å². The van der Waals surface area contributed by atoms with Crippen LogP contribution in [0.3, 0.4) is 0 Å². The van der Waals surface area contributed by atoms with Crippen molar-refractivity contribution in [1.82, 2.24) is 10.1 Å². The number of piperidine rings is 1. The van der Waals surface area contributed by atoms with Crippen LogP contribution in [0.1, 0.15) is 69.9 Å². The molecule has 0 saturated carbocycles. The molecule has 1 amide bonds. The molecule has 1 aromatic carbocycles. The van der Waals surface area contributed by atoms with Crippen LogP contribution >= 0.6 is 0 Å². The van der Waals surface area contributed by atoms with E-state index in [0.717, 1.165) is 53.5 Å². The van der Waals surface area contributed by atoms with Gasteiger partial charge in [-0.05, 0) is 69.2 Å². The molecule has 2 aromatic rings. The lowest BCUT2D eigenvalue weighted by Crippen LogP contribution is -2.37. The number of aryl methyl sites for hydroxylation is 1. The summed E-state index contributed by atoms with van der Waals surface area (Å²) >= 11 is 0. The molecule has 0 spiro atoms. The molecule has 1 unspecified atom stereocenters. The standard InChI is InChI=1S/C25H35N2O4Si/c1-7-8-18-10-11-19-20(12-9-17-13-15-27(16-14-17)24(28)29)26-30-22(19)21(18)23(25(2,3)4)31-32(5)6/h10-11,17,23H,9,12-16H2,1-6H3,(H,28,29). The van der Waals surface area contributed by atoms with E-state index in [1.807, 2.05) is 6.92 Å². The summed E-state index contributed by atoms with van der Waals surface area (Å²) in [6, 6.07) is 4.14. The van der Waals surface area contributed by atoms with E-state index in [1.54, 1.807) is 0 Å². The average molecular weight is 456 g/mol. The average Bonchev–Trinajstić information content (AvgIpc) is 3.13. The van der Waals surface area contributed by atoms with Crippen molar-refractivity contribution in [2.45, 2.75) is 72.6 Å². The van der Waals surface area contributed by atoms with Gasteiger partial charge in [0.1, 0.15) is 0 Å². The summed E-state index contributed by atoms with van der Waals surface area (Å²) < 4.78 is 12.4. The van der Waals surface area contributed by atoms with E-state index in [4.69, 9.17) is 14.1 Å². The highest BCUT2D eigenvalue weighted by molar-refractivity contribution is 6.48. The minimum absolute atomic E-state index is 0.120. The molecule has 2 heterocycles. The number of fused-ring (bicyclic) bond motifs is 1. The Bertz CT molecular complexity index is 1000. The van der Waals surface area contributed by atoms with Gasteiger partial charge in [0.25, 0.3) is 0 Å². The fourth-order valence-corrected chi connectivity index (χ4v) is 5.36. The molecule has 3 rings (SSSR count). The van der Waals surface area contributed by atoms with Crippen molar-refractivity contribution in [2.75, 3.05) is 13.1 Å². The summed E-state index contributed by atoms with van der Waals surface area (Å²) in [6.07, 6.45) is 2.66. The van der Waals surface area contributed by atoms with Gasteiger partial charge >= 0.3 is 6.09 Å². The normalized spacial score (nSPS) is 16.3. The number of amides is 1. The molecule has 1 saturated heterocycles. The van der Waals surface area contributed by atoms with E-state index in [1.165, 1.54) is 4.90 Å². The van der Waals surface area contributed by atoms with Crippen molar-refractivity contribution in [3.05, 3.63) is 29.0 Å². The number of aromatic nitrogens is 1. The molecule has 6 nitrogen and oxygen atoms in total. The van der Waals surface area contributed by atoms with E-state index in [2.05, 4.69) is 63.0 Å². The van der Waals surface area contributed by atoms with Crippen LogP contribution in [0.25, 0.3) is 11.0 Å². The molecule has 1 atom stereocenters. The Balaban J connectivity index is 1.89. The first-order valence-electron chi connectivity index (χ1n) is 11.4. The molecule has 173 valence electrons. The second-order valence-electron chi connectivity index (χ2n) is 9.93. The summed E-state index contributed by atoms with van der Waals surface area (Å²) in [6.45, 7) is 13.9. The van der Waals surface area contributed by atoms with Crippen LogP contribution in [0.15, 0.2) is 16.7 Å². The molecular formula is C25H35N2O4Si. The SMILES string of the molecule is CC#Cc1ccc2c(CCC3CCN(C(=O)O)CC3)noc2c1C(O[Si](C)C)C(C)(C)C. The Morgan fingerprint density at radius 2 is 2.03 bits per heavy atom. The third kappa shape index (κ3) is 5.54. The minimum Gasteiger partial charge on any atom is -0.465 e. The highest BCUT2D eigenvalue weighted by Crippen LogP contribution is 2.42. The van der Waals surface area contributed by atoms with Gasteiger partial charge in [-0.1, -0.05) is 31.8 Å². The Hall–Kier alpha value is -2.30. The predicted octanol–water partition coefficient (Wildman–Crippen LogP) is 5.88. The fourth-order valence-electron chi connectivity index (χ4n) is 4.42. The summed E-state index contributed by atoms with van der Waals surface area (Å²) in [7, 11) is -0.946. The first kappa shape index (κ1) is 24.3. The van der Waals surface area contributed by atoms with Crippen molar-refractivity contribution in [2.24, 2.45) is 11.3 Å². The van der Waals surface area contributed by atoms with Gasteiger partial charge in [0.2, 0.25) is 9.04 Å². The lowest BCUT2D eigenvalue weighted by atomic mass is 9.82. The first-order valence-corrected chi connectivity index (χ1v) is 13.8. The van der Waals surface area contributed by atoms with Gasteiger partial charge in [0.15, 0.2) is 5.58 Å². The molecule has 1 N–H and O–H groups in total. The monoisotopic (exact) mass is 455 g/mol. The molecule has 1 aliphatic heterocycles. The van der Waals surface area contributed by atoms with Gasteiger partial charge in [0, 0.05) is 29.6 Å². The van der Waals surface area contributed by atoms with E-state index in [0.29, 0.717) is 19.0 Å². The third-order valence-electron chi connectivity index (χ3n) is 6.09. The van der Waals surface area contributed by atoms with Crippen molar-refractivity contribution in [3.63, 3.8) is 0 Å². The maximum absolute atomic E-state index is 11.1. The second-order valence-corrected chi connectivity index (χ2v) is 12.0. The van der Waals surface area contributed by atoms with Crippen LogP contribution < -0.4 is 0 Å². The molecule has 1 radical (unpaired) electrons. The molecule has 1 fully saturated rings. The number of carbonyl (C=O) groups is 1. The van der Waals surface area contributed by atoms with Crippen LogP contribution in [-0.4, -0.2) is 43.4 Å². The van der Waals surface area contributed by atoms with Crippen LogP contribution in [0.5, 0.6) is 0 Å². The number of carboxylic acid groups (broad SMARTS) is 1. The summed E-state index contributed by atoms with van der Waals surface area (Å²) in [5, 5.41) is 14.6. The lowest BCUT2D eigenvalue weighted by molar-refractivity contribution is 0.0865. The Labute approximate surface area is 193 Å². The van der Waals surface area contributed by atoms with Gasteiger partial charge in [-0.25, -0.2) is 4.79 Å². The van der Waals surface area contributed by atoms with Gasteiger partial charge in [0.05, 0.1) is 11.8 Å². The van der Waals surface area contributed by atoms with E-state index >= 15 is 0 Å². The molecule has 7 heteroatoms. The molecular weight excluding hydrogens is 420 g/mol. The molecule has 32 heavy (non-hydrogen) atoms. The van der Waals surface area contributed by atoms with Gasteiger partial charge in [-0.3, -0.25) is 0 Å². The van der Waals surface area contributed by atoms with Crippen LogP contribution in [-0.2, 0) is 10.8 Å². The number of rotatable bonds is 6. The summed E-state index contributed by atoms with van der Waals surface area (Å²) in [4.78, 5) is 12.6. The lowest BCUT2D eigenvalue weighted by Gasteiger charge is -2.33. The Morgan fingerprint density at radius 1 is 1.34 bits per heavy atom. The second kappa shape index (κ2) is 10.1. The maximum Gasteiger partial charge on any atom is 0.407 e. The highest BCUT2D eigenvalue weighted by atomic mass is 28.3. The van der Waals surface area contributed by atoms with Crippen molar-refractivity contribution >= 4 is 26.1 Å². The zero-order valence-corrected chi connectivity index (χ0v) is 21.1. The molecule has 1 aromatic heterocycles. The van der Waals surface area contributed by atoms with Gasteiger partial charge < -0.3 is 19.0 Å². The predicted molar refractivity (Wildman–Crippen MR) is 128 cm³/mol. The quantitative estimate of drug-likeness (QED) is 0.435. The maximum atomic E-state index is 11.1. The third-order valence-corrected chi connectivity index (χ3v) is 6.80. The minimum atomic E-state index is -0.946. The summed E-state index contributed by atoms with van der Waals surface area (Å²) in [5.74, 6) is 6.78. The van der Waals surface area contributed by atoms with Crippen molar-refractivity contribution in [1.29, 1.82) is 0 Å². The highest BCUT2D eigenvalue weighted by Gasteiger charge is 2.33. The number of nitrogens with zero attached hydrogens (tertiary/aromatic N) is 2. The molecule has 0 aliphatic carbocycles. The zero-order valence-electron chi connectivity index (χ0n) is 20.1. The van der Waals surface area contributed by atoms with Crippen LogP contribution in [0.4, 0.5) is 4.79 Å². The largest absolute Gasteiger partial charge is 0.465 e. The van der Waals surface area contributed by atoms with E-state index in [-0.39, 0.29) is 11.5 Å². The topological polar surface area (TPSA) is 75.8 Å². The summed E-state index contributed by atoms with van der Waals surface area (Å²) in [5.41, 5.74) is 3.56.